The van der Waals surface area contributed by atoms with Gasteiger partial charge in [-0.2, -0.15) is 10.2 Å². The summed E-state index contributed by atoms with van der Waals surface area (Å²) >= 11 is 0. The Balaban J connectivity index is 1.83. The molecule has 2 amide bonds. The van der Waals surface area contributed by atoms with Crippen LogP contribution in [0.15, 0.2) is 30.6 Å². The summed E-state index contributed by atoms with van der Waals surface area (Å²) in [6.45, 7) is 1.84. The highest BCUT2D eigenvalue weighted by atomic mass is 16.5. The van der Waals surface area contributed by atoms with E-state index in [1.54, 1.807) is 43.2 Å². The number of methoxy groups -OCH3 is 2. The van der Waals surface area contributed by atoms with Crippen molar-refractivity contribution in [2.24, 2.45) is 14.1 Å². The van der Waals surface area contributed by atoms with Gasteiger partial charge in [0.15, 0.2) is 11.5 Å². The van der Waals surface area contributed by atoms with Gasteiger partial charge in [-0.1, -0.05) is 0 Å². The van der Waals surface area contributed by atoms with Gasteiger partial charge in [-0.15, -0.1) is 0 Å². The van der Waals surface area contributed by atoms with Crippen molar-refractivity contribution in [1.82, 2.24) is 19.6 Å². The van der Waals surface area contributed by atoms with Crippen LogP contribution in [0.3, 0.4) is 0 Å². The molecule has 10 nitrogen and oxygen atoms in total. The first-order valence-electron chi connectivity index (χ1n) is 8.71. The third-order valence-electron chi connectivity index (χ3n) is 4.53. The van der Waals surface area contributed by atoms with Crippen molar-refractivity contribution in [2.75, 3.05) is 24.9 Å². The third-order valence-corrected chi connectivity index (χ3v) is 4.53. The van der Waals surface area contributed by atoms with Gasteiger partial charge in [0, 0.05) is 19.7 Å². The van der Waals surface area contributed by atoms with Gasteiger partial charge in [0.1, 0.15) is 5.69 Å². The fourth-order valence-corrected chi connectivity index (χ4v) is 2.77. The molecule has 0 spiro atoms. The Morgan fingerprint density at radius 1 is 0.897 bits per heavy atom. The molecule has 152 valence electrons. The summed E-state index contributed by atoms with van der Waals surface area (Å²) in [5.41, 5.74) is 2.22. The average molecular weight is 398 g/mol. The minimum atomic E-state index is -0.413. The molecule has 0 aliphatic heterocycles. The SMILES string of the molecule is COc1ccc(C(=O)Nc2cnn(C)c2C(=O)Nc2cnn(C)c2C)cc1OC. The molecule has 0 fully saturated rings. The molecule has 10 heteroatoms. The molecule has 2 N–H and O–H groups in total. The Hall–Kier alpha value is -3.82. The van der Waals surface area contributed by atoms with Crippen molar-refractivity contribution < 1.29 is 19.1 Å². The van der Waals surface area contributed by atoms with Crippen LogP contribution in [0.5, 0.6) is 11.5 Å². The Kier molecular flexibility index (Phi) is 5.53. The van der Waals surface area contributed by atoms with E-state index in [9.17, 15) is 9.59 Å². The van der Waals surface area contributed by atoms with Crippen molar-refractivity contribution in [3.05, 3.63) is 47.5 Å². The lowest BCUT2D eigenvalue weighted by Crippen LogP contribution is -2.20. The zero-order chi connectivity index (χ0) is 21.1. The van der Waals surface area contributed by atoms with E-state index in [-0.39, 0.29) is 11.4 Å². The van der Waals surface area contributed by atoms with Gasteiger partial charge in [-0.25, -0.2) is 0 Å². The van der Waals surface area contributed by atoms with Crippen molar-refractivity contribution >= 4 is 23.2 Å². The highest BCUT2D eigenvalue weighted by Crippen LogP contribution is 2.28. The van der Waals surface area contributed by atoms with Crippen LogP contribution < -0.4 is 20.1 Å². The number of anilines is 2. The number of nitrogens with zero attached hydrogens (tertiary/aromatic N) is 4. The van der Waals surface area contributed by atoms with Gasteiger partial charge < -0.3 is 20.1 Å². The van der Waals surface area contributed by atoms with Crippen LogP contribution >= 0.6 is 0 Å². The van der Waals surface area contributed by atoms with Gasteiger partial charge in [-0.3, -0.25) is 19.0 Å². The monoisotopic (exact) mass is 398 g/mol. The maximum atomic E-state index is 12.8. The molecule has 0 saturated heterocycles. The molecule has 29 heavy (non-hydrogen) atoms. The molecule has 0 saturated carbocycles. The predicted molar refractivity (Wildman–Crippen MR) is 107 cm³/mol. The second-order valence-electron chi connectivity index (χ2n) is 6.28. The van der Waals surface area contributed by atoms with Crippen LogP contribution in [0.2, 0.25) is 0 Å². The van der Waals surface area contributed by atoms with Crippen LogP contribution in [0.25, 0.3) is 0 Å². The summed E-state index contributed by atoms with van der Waals surface area (Å²) in [5, 5.41) is 13.7. The molecule has 3 rings (SSSR count). The van der Waals surface area contributed by atoms with E-state index in [0.29, 0.717) is 22.7 Å². The average Bonchev–Trinajstić information content (AvgIpc) is 3.23. The largest absolute Gasteiger partial charge is 0.493 e. The normalized spacial score (nSPS) is 10.5. The molecule has 3 aromatic rings. The minimum Gasteiger partial charge on any atom is -0.493 e. The van der Waals surface area contributed by atoms with Gasteiger partial charge in [0.2, 0.25) is 0 Å². The summed E-state index contributed by atoms with van der Waals surface area (Å²) in [7, 11) is 6.41. The Labute approximate surface area is 167 Å². The molecule has 0 aliphatic rings. The van der Waals surface area contributed by atoms with Crippen molar-refractivity contribution in [1.29, 1.82) is 0 Å². The lowest BCUT2D eigenvalue weighted by Gasteiger charge is -2.11. The van der Waals surface area contributed by atoms with Crippen LogP contribution in [-0.2, 0) is 14.1 Å². The lowest BCUT2D eigenvalue weighted by atomic mass is 10.2. The van der Waals surface area contributed by atoms with E-state index < -0.39 is 11.8 Å². The molecule has 0 aliphatic carbocycles. The summed E-state index contributed by atoms with van der Waals surface area (Å²) in [6.07, 6.45) is 2.98. The van der Waals surface area contributed by atoms with E-state index in [1.165, 1.54) is 25.1 Å². The van der Waals surface area contributed by atoms with E-state index in [1.807, 2.05) is 6.92 Å². The van der Waals surface area contributed by atoms with Crippen LogP contribution in [0, 0.1) is 6.92 Å². The number of benzene rings is 1. The maximum Gasteiger partial charge on any atom is 0.276 e. The number of ether oxygens (including phenoxy) is 2. The summed E-state index contributed by atoms with van der Waals surface area (Å²) in [4.78, 5) is 25.5. The predicted octanol–water partition coefficient (Wildman–Crippen LogP) is 1.98. The molecular weight excluding hydrogens is 376 g/mol. The van der Waals surface area contributed by atoms with Crippen LogP contribution in [-0.4, -0.2) is 45.6 Å². The number of hydrogen-bond acceptors (Lipinski definition) is 6. The van der Waals surface area contributed by atoms with E-state index >= 15 is 0 Å². The Bertz CT molecular complexity index is 1070. The molecule has 1 aromatic carbocycles. The topological polar surface area (TPSA) is 112 Å². The number of nitrogens with one attached hydrogen (secondary N) is 2. The third kappa shape index (κ3) is 3.91. The number of rotatable bonds is 6. The van der Waals surface area contributed by atoms with Crippen molar-refractivity contribution in [3.63, 3.8) is 0 Å². The first-order valence-corrected chi connectivity index (χ1v) is 8.71. The fraction of sp³-hybridized carbons (Fsp3) is 0.263. The van der Waals surface area contributed by atoms with E-state index in [0.717, 1.165) is 5.69 Å². The zero-order valence-electron chi connectivity index (χ0n) is 16.8. The number of carbonyl (C=O) groups excluding carboxylic acids is 2. The molecular formula is C19H22N6O4. The van der Waals surface area contributed by atoms with Gasteiger partial charge in [0.05, 0.1) is 43.7 Å². The van der Waals surface area contributed by atoms with Crippen LogP contribution in [0.4, 0.5) is 11.4 Å². The molecule has 2 heterocycles. The minimum absolute atomic E-state index is 0.210. The summed E-state index contributed by atoms with van der Waals surface area (Å²) < 4.78 is 13.5. The molecule has 0 atom stereocenters. The molecule has 0 unspecified atom stereocenters. The summed E-state index contributed by atoms with van der Waals surface area (Å²) in [5.74, 6) is 0.114. The van der Waals surface area contributed by atoms with Crippen LogP contribution in [0.1, 0.15) is 26.5 Å². The molecule has 0 radical (unpaired) electrons. The number of amides is 2. The first kappa shape index (κ1) is 19.9. The fourth-order valence-electron chi connectivity index (χ4n) is 2.77. The number of hydrogen-bond donors (Lipinski definition) is 2. The number of aryl methyl sites for hydroxylation is 2. The first-order chi connectivity index (χ1) is 13.8. The molecule has 0 bridgehead atoms. The van der Waals surface area contributed by atoms with Crippen molar-refractivity contribution in [3.8, 4) is 11.5 Å². The highest BCUT2D eigenvalue weighted by molar-refractivity contribution is 6.11. The highest BCUT2D eigenvalue weighted by Gasteiger charge is 2.21. The summed E-state index contributed by atoms with van der Waals surface area (Å²) in [6, 6.07) is 4.80. The van der Waals surface area contributed by atoms with E-state index in [2.05, 4.69) is 20.8 Å². The second-order valence-corrected chi connectivity index (χ2v) is 6.28. The molecule has 2 aromatic heterocycles. The van der Waals surface area contributed by atoms with E-state index in [4.69, 9.17) is 9.47 Å². The standard InChI is InChI=1S/C19H22N6O4/c1-11-13(9-20-24(11)2)22-19(27)17-14(10-21-25(17)3)23-18(26)12-6-7-15(28-4)16(8-12)29-5/h6-10H,1-5H3,(H,22,27)(H,23,26). The Morgan fingerprint density at radius 3 is 2.14 bits per heavy atom. The maximum absolute atomic E-state index is 12.8. The number of aromatic nitrogens is 4. The van der Waals surface area contributed by atoms with Crippen molar-refractivity contribution in [2.45, 2.75) is 6.92 Å². The quantitative estimate of drug-likeness (QED) is 0.657. The Morgan fingerprint density at radius 2 is 1.52 bits per heavy atom. The lowest BCUT2D eigenvalue weighted by molar-refractivity contribution is 0.101. The van der Waals surface area contributed by atoms with Gasteiger partial charge in [-0.05, 0) is 25.1 Å². The van der Waals surface area contributed by atoms with Gasteiger partial charge >= 0.3 is 0 Å². The smallest absolute Gasteiger partial charge is 0.276 e. The second kappa shape index (κ2) is 8.05. The zero-order valence-corrected chi connectivity index (χ0v) is 16.8. The number of carbonyl (C=O) groups is 2. The van der Waals surface area contributed by atoms with Gasteiger partial charge in [0.25, 0.3) is 11.8 Å².